The van der Waals surface area contributed by atoms with Gasteiger partial charge in [0, 0.05) is 27.3 Å². The largest absolute Gasteiger partial charge is 0.396 e. The standard InChI is InChI=1S/C12H18N4O3S/c1-18-5-3-16(4-6-19-2)12-9(11(15)17)10(14)8(7-13)20-12/h3-6,14H2,1-2H3,(H2,15,17). The summed E-state index contributed by atoms with van der Waals surface area (Å²) in [7, 11) is 3.18. The van der Waals surface area contributed by atoms with Gasteiger partial charge in [-0.2, -0.15) is 5.26 Å². The summed E-state index contributed by atoms with van der Waals surface area (Å²) in [4.78, 5) is 13.7. The summed E-state index contributed by atoms with van der Waals surface area (Å²) in [6.45, 7) is 2.04. The number of hydrogen-bond donors (Lipinski definition) is 2. The number of carbonyl (C=O) groups excluding carboxylic acids is 1. The van der Waals surface area contributed by atoms with Crippen LogP contribution in [0.5, 0.6) is 0 Å². The Morgan fingerprint density at radius 1 is 1.35 bits per heavy atom. The minimum Gasteiger partial charge on any atom is -0.396 e. The van der Waals surface area contributed by atoms with Gasteiger partial charge in [-0.05, 0) is 0 Å². The van der Waals surface area contributed by atoms with Crippen LogP contribution < -0.4 is 16.4 Å². The number of nitriles is 1. The Morgan fingerprint density at radius 2 is 1.90 bits per heavy atom. The van der Waals surface area contributed by atoms with Crippen LogP contribution in [-0.4, -0.2) is 46.4 Å². The molecule has 1 heterocycles. The van der Waals surface area contributed by atoms with Crippen molar-refractivity contribution >= 4 is 27.9 Å². The molecule has 4 N–H and O–H groups in total. The van der Waals surface area contributed by atoms with Gasteiger partial charge in [0.15, 0.2) is 0 Å². The lowest BCUT2D eigenvalue weighted by Crippen LogP contribution is -2.31. The molecule has 110 valence electrons. The van der Waals surface area contributed by atoms with Gasteiger partial charge in [-0.3, -0.25) is 4.79 Å². The van der Waals surface area contributed by atoms with E-state index in [9.17, 15) is 4.79 Å². The molecule has 0 atom stereocenters. The zero-order valence-electron chi connectivity index (χ0n) is 11.5. The van der Waals surface area contributed by atoms with E-state index in [1.165, 1.54) is 0 Å². The van der Waals surface area contributed by atoms with Crippen LogP contribution in [0.1, 0.15) is 15.2 Å². The van der Waals surface area contributed by atoms with Crippen LogP contribution >= 0.6 is 11.3 Å². The zero-order chi connectivity index (χ0) is 15.1. The van der Waals surface area contributed by atoms with Gasteiger partial charge in [0.25, 0.3) is 5.91 Å². The molecule has 0 aliphatic carbocycles. The molecule has 0 unspecified atom stereocenters. The second kappa shape index (κ2) is 7.69. The van der Waals surface area contributed by atoms with E-state index in [0.717, 1.165) is 11.3 Å². The topological polar surface area (TPSA) is 115 Å². The first kappa shape index (κ1) is 16.2. The zero-order valence-corrected chi connectivity index (χ0v) is 12.3. The predicted octanol–water partition coefficient (Wildman–Crippen LogP) is 0.400. The number of nitrogen functional groups attached to an aromatic ring is 1. The molecule has 7 nitrogen and oxygen atoms in total. The first-order chi connectivity index (χ1) is 9.56. The summed E-state index contributed by atoms with van der Waals surface area (Å²) in [5.74, 6) is -0.643. The Morgan fingerprint density at radius 3 is 2.30 bits per heavy atom. The average molecular weight is 298 g/mol. The molecular formula is C12H18N4O3S. The molecule has 0 aliphatic heterocycles. The Hall–Kier alpha value is -1.82. The van der Waals surface area contributed by atoms with E-state index in [2.05, 4.69) is 0 Å². The summed E-state index contributed by atoms with van der Waals surface area (Å²) in [6.07, 6.45) is 0. The quantitative estimate of drug-likeness (QED) is 0.718. The molecule has 0 spiro atoms. The molecule has 1 amide bonds. The smallest absolute Gasteiger partial charge is 0.253 e. The number of carbonyl (C=O) groups is 1. The van der Waals surface area contributed by atoms with Gasteiger partial charge in [0.1, 0.15) is 15.9 Å². The van der Waals surface area contributed by atoms with Crippen LogP contribution in [0.15, 0.2) is 0 Å². The highest BCUT2D eigenvalue weighted by Crippen LogP contribution is 2.37. The number of methoxy groups -OCH3 is 2. The lowest BCUT2D eigenvalue weighted by atomic mass is 10.2. The maximum atomic E-state index is 11.6. The van der Waals surface area contributed by atoms with E-state index < -0.39 is 5.91 Å². The van der Waals surface area contributed by atoms with E-state index in [1.807, 2.05) is 11.0 Å². The van der Waals surface area contributed by atoms with Crippen molar-refractivity contribution in [2.45, 2.75) is 0 Å². The highest BCUT2D eigenvalue weighted by Gasteiger charge is 2.24. The Balaban J connectivity index is 3.17. The maximum absolute atomic E-state index is 11.6. The van der Waals surface area contributed by atoms with Crippen molar-refractivity contribution in [1.29, 1.82) is 5.26 Å². The van der Waals surface area contributed by atoms with E-state index in [4.69, 9.17) is 26.2 Å². The van der Waals surface area contributed by atoms with Gasteiger partial charge >= 0.3 is 0 Å². The Bertz CT molecular complexity index is 502. The molecule has 1 aromatic heterocycles. The van der Waals surface area contributed by atoms with Crippen LogP contribution in [-0.2, 0) is 9.47 Å². The van der Waals surface area contributed by atoms with Crippen LogP contribution in [0, 0.1) is 11.3 Å². The van der Waals surface area contributed by atoms with Crippen molar-refractivity contribution in [2.75, 3.05) is 51.2 Å². The highest BCUT2D eigenvalue weighted by molar-refractivity contribution is 7.17. The summed E-state index contributed by atoms with van der Waals surface area (Å²) in [5.41, 5.74) is 11.5. The number of anilines is 2. The second-order valence-electron chi connectivity index (χ2n) is 3.97. The number of hydrogen-bond acceptors (Lipinski definition) is 7. The fraction of sp³-hybridized carbons (Fsp3) is 0.500. The summed E-state index contributed by atoms with van der Waals surface area (Å²) in [5, 5.41) is 9.62. The number of nitrogens with two attached hydrogens (primary N) is 2. The van der Waals surface area contributed by atoms with Crippen LogP contribution in [0.3, 0.4) is 0 Å². The fourth-order valence-corrected chi connectivity index (χ4v) is 2.77. The molecule has 0 bridgehead atoms. The third kappa shape index (κ3) is 3.60. The highest BCUT2D eigenvalue weighted by atomic mass is 32.1. The average Bonchev–Trinajstić information content (AvgIpc) is 2.76. The molecular weight excluding hydrogens is 280 g/mol. The SMILES string of the molecule is COCCN(CCOC)c1sc(C#N)c(N)c1C(N)=O. The molecule has 0 aromatic carbocycles. The predicted molar refractivity (Wildman–Crippen MR) is 77.9 cm³/mol. The van der Waals surface area contributed by atoms with Crippen molar-refractivity contribution in [2.24, 2.45) is 5.73 Å². The minimum absolute atomic E-state index is 0.139. The van der Waals surface area contributed by atoms with E-state index in [-0.39, 0.29) is 16.1 Å². The van der Waals surface area contributed by atoms with Gasteiger partial charge in [0.2, 0.25) is 0 Å². The van der Waals surface area contributed by atoms with E-state index in [1.54, 1.807) is 14.2 Å². The molecule has 20 heavy (non-hydrogen) atoms. The minimum atomic E-state index is -0.643. The van der Waals surface area contributed by atoms with E-state index >= 15 is 0 Å². The third-order valence-electron chi connectivity index (χ3n) is 2.69. The van der Waals surface area contributed by atoms with Gasteiger partial charge in [-0.1, -0.05) is 0 Å². The molecule has 0 saturated heterocycles. The van der Waals surface area contributed by atoms with Crippen molar-refractivity contribution in [3.05, 3.63) is 10.4 Å². The number of amides is 1. The summed E-state index contributed by atoms with van der Waals surface area (Å²) in [6, 6.07) is 1.97. The molecule has 1 aromatic rings. The first-order valence-corrected chi connectivity index (χ1v) is 6.73. The van der Waals surface area contributed by atoms with Crippen molar-refractivity contribution in [3.63, 3.8) is 0 Å². The van der Waals surface area contributed by atoms with Gasteiger partial charge in [-0.15, -0.1) is 11.3 Å². The lowest BCUT2D eigenvalue weighted by molar-refractivity contribution is 0.100. The molecule has 0 saturated carbocycles. The third-order valence-corrected chi connectivity index (χ3v) is 3.86. The molecule has 0 fully saturated rings. The van der Waals surface area contributed by atoms with Crippen molar-refractivity contribution in [3.8, 4) is 6.07 Å². The van der Waals surface area contributed by atoms with Crippen molar-refractivity contribution < 1.29 is 14.3 Å². The van der Waals surface area contributed by atoms with Crippen LogP contribution in [0.25, 0.3) is 0 Å². The number of thiophene rings is 1. The fourth-order valence-electron chi connectivity index (χ4n) is 1.69. The second-order valence-corrected chi connectivity index (χ2v) is 4.97. The first-order valence-electron chi connectivity index (χ1n) is 5.91. The molecule has 0 aliphatic rings. The van der Waals surface area contributed by atoms with Gasteiger partial charge in [0.05, 0.1) is 24.5 Å². The number of rotatable bonds is 8. The van der Waals surface area contributed by atoms with E-state index in [0.29, 0.717) is 31.3 Å². The molecule has 1 rings (SSSR count). The monoisotopic (exact) mass is 298 g/mol. The number of nitrogens with zero attached hydrogens (tertiary/aromatic N) is 2. The maximum Gasteiger partial charge on any atom is 0.253 e. The van der Waals surface area contributed by atoms with Crippen LogP contribution in [0.4, 0.5) is 10.7 Å². The summed E-state index contributed by atoms with van der Waals surface area (Å²) >= 11 is 1.15. The van der Waals surface area contributed by atoms with Crippen molar-refractivity contribution in [1.82, 2.24) is 0 Å². The number of ether oxygens (including phenoxy) is 2. The molecule has 8 heteroatoms. The number of primary amides is 1. The van der Waals surface area contributed by atoms with Crippen LogP contribution in [0.2, 0.25) is 0 Å². The molecule has 0 radical (unpaired) electrons. The normalized spacial score (nSPS) is 10.2. The van der Waals surface area contributed by atoms with Gasteiger partial charge < -0.3 is 25.8 Å². The lowest BCUT2D eigenvalue weighted by Gasteiger charge is -2.23. The van der Waals surface area contributed by atoms with Gasteiger partial charge in [-0.25, -0.2) is 0 Å². The Labute approximate surface area is 121 Å². The Kier molecular flexibility index (Phi) is 6.24. The summed E-state index contributed by atoms with van der Waals surface area (Å²) < 4.78 is 10.1.